The van der Waals surface area contributed by atoms with Crippen molar-refractivity contribution >= 4 is 27.3 Å². The molecule has 1 aromatic carbocycles. The van der Waals surface area contributed by atoms with Gasteiger partial charge in [-0.15, -0.1) is 11.3 Å². The molecule has 0 saturated carbocycles. The topological polar surface area (TPSA) is 29.3 Å². The summed E-state index contributed by atoms with van der Waals surface area (Å²) >= 11 is 5.33. The highest BCUT2D eigenvalue weighted by molar-refractivity contribution is 9.10. The van der Waals surface area contributed by atoms with E-state index in [4.69, 9.17) is 5.73 Å². The number of thiophene rings is 1. The third-order valence-electron chi connectivity index (χ3n) is 3.73. The number of nitrogens with two attached hydrogens (primary N) is 1. The Balaban J connectivity index is 1.84. The molecule has 1 aliphatic rings. The minimum Gasteiger partial charge on any atom is -0.329 e. The number of fused-ring (bicyclic) bond motifs is 1. The average Bonchev–Trinajstić information content (AvgIpc) is 2.84. The van der Waals surface area contributed by atoms with Gasteiger partial charge in [0.15, 0.2) is 0 Å². The average molecular weight is 337 g/mol. The van der Waals surface area contributed by atoms with Gasteiger partial charge in [-0.1, -0.05) is 24.3 Å². The van der Waals surface area contributed by atoms with E-state index in [1.165, 1.54) is 20.5 Å². The molecule has 0 aliphatic carbocycles. The molecule has 2 heterocycles. The monoisotopic (exact) mass is 336 g/mol. The molecule has 100 valence electrons. The lowest BCUT2D eigenvalue weighted by Gasteiger charge is -2.36. The van der Waals surface area contributed by atoms with Crippen molar-refractivity contribution in [2.24, 2.45) is 5.73 Å². The number of benzene rings is 1. The molecule has 1 atom stereocenters. The lowest BCUT2D eigenvalue weighted by Crippen LogP contribution is -2.38. The van der Waals surface area contributed by atoms with E-state index < -0.39 is 0 Å². The van der Waals surface area contributed by atoms with Gasteiger partial charge in [-0.2, -0.15) is 0 Å². The molecular formula is C15H17BrN2S. The highest BCUT2D eigenvalue weighted by Gasteiger charge is 2.26. The van der Waals surface area contributed by atoms with Crippen molar-refractivity contribution in [1.29, 1.82) is 0 Å². The van der Waals surface area contributed by atoms with Crippen molar-refractivity contribution in [2.45, 2.75) is 19.0 Å². The zero-order valence-corrected chi connectivity index (χ0v) is 13.1. The summed E-state index contributed by atoms with van der Waals surface area (Å²) in [5.41, 5.74) is 8.89. The first-order chi connectivity index (χ1) is 9.28. The Kier molecular flexibility index (Phi) is 4.03. The summed E-state index contributed by atoms with van der Waals surface area (Å²) in [5.74, 6) is 0. The second-order valence-corrected chi connectivity index (χ2v) is 6.81. The van der Waals surface area contributed by atoms with Crippen LogP contribution in [0.1, 0.15) is 22.0 Å². The summed E-state index contributed by atoms with van der Waals surface area (Å²) in [6, 6.07) is 11.3. The van der Waals surface area contributed by atoms with Gasteiger partial charge >= 0.3 is 0 Å². The van der Waals surface area contributed by atoms with E-state index >= 15 is 0 Å². The lowest BCUT2D eigenvalue weighted by molar-refractivity contribution is 0.182. The van der Waals surface area contributed by atoms with Crippen LogP contribution in [0.25, 0.3) is 0 Å². The van der Waals surface area contributed by atoms with Gasteiger partial charge in [0, 0.05) is 40.4 Å². The van der Waals surface area contributed by atoms with Crippen molar-refractivity contribution in [1.82, 2.24) is 4.90 Å². The van der Waals surface area contributed by atoms with E-state index in [0.717, 1.165) is 19.5 Å². The first-order valence-corrected chi connectivity index (χ1v) is 8.20. The summed E-state index contributed by atoms with van der Waals surface area (Å²) in [6.07, 6.45) is 1.12. The Hall–Kier alpha value is -0.680. The van der Waals surface area contributed by atoms with E-state index in [9.17, 15) is 0 Å². The Morgan fingerprint density at radius 1 is 1.37 bits per heavy atom. The molecule has 0 amide bonds. The Morgan fingerprint density at radius 3 is 2.95 bits per heavy atom. The molecule has 0 bridgehead atoms. The van der Waals surface area contributed by atoms with Crippen molar-refractivity contribution in [2.75, 3.05) is 13.1 Å². The minimum absolute atomic E-state index is 0.353. The molecule has 2 aromatic rings. The van der Waals surface area contributed by atoms with Crippen LogP contribution in [0.5, 0.6) is 0 Å². The molecule has 0 saturated heterocycles. The maximum Gasteiger partial charge on any atom is 0.0477 e. The molecule has 0 spiro atoms. The molecule has 0 fully saturated rings. The summed E-state index contributed by atoms with van der Waals surface area (Å²) in [5, 5.41) is 2.14. The van der Waals surface area contributed by atoms with Crippen LogP contribution in [0.15, 0.2) is 40.2 Å². The number of hydrogen-bond acceptors (Lipinski definition) is 3. The minimum atomic E-state index is 0.353. The van der Waals surface area contributed by atoms with Gasteiger partial charge in [0.25, 0.3) is 0 Å². The lowest BCUT2D eigenvalue weighted by atomic mass is 9.92. The van der Waals surface area contributed by atoms with Gasteiger partial charge in [0.1, 0.15) is 0 Å². The van der Waals surface area contributed by atoms with E-state index in [0.29, 0.717) is 12.6 Å². The largest absolute Gasteiger partial charge is 0.329 e. The normalized spacial score (nSPS) is 19.4. The molecule has 2 N–H and O–H groups in total. The first kappa shape index (κ1) is 13.3. The molecule has 1 aliphatic heterocycles. The first-order valence-electron chi connectivity index (χ1n) is 6.53. The Bertz CT molecular complexity index is 567. The predicted molar refractivity (Wildman–Crippen MR) is 84.4 cm³/mol. The highest BCUT2D eigenvalue weighted by atomic mass is 79.9. The summed E-state index contributed by atoms with van der Waals surface area (Å²) in [6.45, 7) is 2.77. The third-order valence-corrected chi connectivity index (χ3v) is 5.41. The maximum atomic E-state index is 6.02. The highest BCUT2D eigenvalue weighted by Crippen LogP contribution is 2.31. The van der Waals surface area contributed by atoms with Crippen molar-refractivity contribution in [3.8, 4) is 0 Å². The van der Waals surface area contributed by atoms with Crippen LogP contribution in [0, 0.1) is 0 Å². The van der Waals surface area contributed by atoms with Crippen LogP contribution in [0.3, 0.4) is 0 Å². The molecule has 3 rings (SSSR count). The van der Waals surface area contributed by atoms with Gasteiger partial charge in [-0.25, -0.2) is 0 Å². The maximum absolute atomic E-state index is 6.02. The van der Waals surface area contributed by atoms with Gasteiger partial charge in [0.05, 0.1) is 0 Å². The van der Waals surface area contributed by atoms with Gasteiger partial charge in [-0.3, -0.25) is 4.90 Å². The molecule has 19 heavy (non-hydrogen) atoms. The van der Waals surface area contributed by atoms with Gasteiger partial charge < -0.3 is 5.73 Å². The third kappa shape index (κ3) is 2.77. The number of nitrogens with zero attached hydrogens (tertiary/aromatic N) is 1. The van der Waals surface area contributed by atoms with Crippen LogP contribution in [0.4, 0.5) is 0 Å². The van der Waals surface area contributed by atoms with Gasteiger partial charge in [0.2, 0.25) is 0 Å². The van der Waals surface area contributed by atoms with Crippen LogP contribution in [-0.4, -0.2) is 18.0 Å². The van der Waals surface area contributed by atoms with Gasteiger partial charge in [-0.05, 0) is 39.5 Å². The van der Waals surface area contributed by atoms with Crippen molar-refractivity contribution in [3.63, 3.8) is 0 Å². The smallest absolute Gasteiger partial charge is 0.0477 e. The molecule has 2 nitrogen and oxygen atoms in total. The second kappa shape index (κ2) is 5.75. The quantitative estimate of drug-likeness (QED) is 0.928. The second-order valence-electron chi connectivity index (χ2n) is 4.90. The SMILES string of the molecule is NCC1c2ccccc2CCN1Cc1cc(Br)cs1. The summed E-state index contributed by atoms with van der Waals surface area (Å²) in [7, 11) is 0. The fourth-order valence-corrected chi connectivity index (χ4v) is 4.28. The van der Waals surface area contributed by atoms with E-state index in [1.54, 1.807) is 0 Å². The Labute approximate surface area is 126 Å². The number of rotatable bonds is 3. The number of hydrogen-bond donors (Lipinski definition) is 1. The fraction of sp³-hybridized carbons (Fsp3) is 0.333. The molecule has 1 aromatic heterocycles. The molecule has 4 heteroatoms. The zero-order valence-electron chi connectivity index (χ0n) is 10.7. The van der Waals surface area contributed by atoms with Crippen LogP contribution < -0.4 is 5.73 Å². The van der Waals surface area contributed by atoms with E-state index in [-0.39, 0.29) is 0 Å². The van der Waals surface area contributed by atoms with Crippen LogP contribution in [-0.2, 0) is 13.0 Å². The summed E-state index contributed by atoms with van der Waals surface area (Å²) < 4.78 is 1.18. The number of halogens is 1. The zero-order chi connectivity index (χ0) is 13.2. The predicted octanol–water partition coefficient (Wildman–Crippen LogP) is 3.57. The van der Waals surface area contributed by atoms with Crippen molar-refractivity contribution in [3.05, 3.63) is 56.2 Å². The summed E-state index contributed by atoms with van der Waals surface area (Å²) in [4.78, 5) is 3.89. The standard InChI is InChI=1S/C15H17BrN2S/c16-12-7-13(19-10-12)9-18-6-5-11-3-1-2-4-14(11)15(18)8-17/h1-4,7,10,15H,5-6,8-9,17H2. The van der Waals surface area contributed by atoms with E-state index in [1.807, 2.05) is 11.3 Å². The molecular weight excluding hydrogens is 320 g/mol. The van der Waals surface area contributed by atoms with Crippen LogP contribution in [0.2, 0.25) is 0 Å². The Morgan fingerprint density at radius 2 is 2.21 bits per heavy atom. The fourth-order valence-electron chi connectivity index (χ4n) is 2.81. The van der Waals surface area contributed by atoms with Crippen molar-refractivity contribution < 1.29 is 0 Å². The molecule has 1 unspecified atom stereocenters. The van der Waals surface area contributed by atoms with Crippen LogP contribution >= 0.6 is 27.3 Å². The molecule has 0 radical (unpaired) electrons. The van der Waals surface area contributed by atoms with E-state index in [2.05, 4.69) is 56.5 Å².